The number of nitriles is 1. The summed E-state index contributed by atoms with van der Waals surface area (Å²) >= 11 is 0. The molecule has 5 aromatic rings. The van der Waals surface area contributed by atoms with Crippen LogP contribution in [0.15, 0.2) is 66.9 Å². The van der Waals surface area contributed by atoms with Crippen molar-refractivity contribution in [3.05, 3.63) is 89.4 Å². The first kappa shape index (κ1) is 26.5. The maximum atomic E-state index is 11.6. The number of aromatic nitrogens is 4. The molecule has 0 unspecified atom stereocenters. The number of carboxylic acid groups (broad SMARTS) is 1. The van der Waals surface area contributed by atoms with Gasteiger partial charge in [-0.25, -0.2) is 19.3 Å². The quantitative estimate of drug-likeness (QED) is 0.343. The van der Waals surface area contributed by atoms with Crippen LogP contribution in [0.3, 0.4) is 0 Å². The molecule has 9 nitrogen and oxygen atoms in total. The van der Waals surface area contributed by atoms with E-state index in [1.165, 1.54) is 0 Å². The normalized spacial score (nSPS) is 13.5. The van der Waals surface area contributed by atoms with E-state index in [4.69, 9.17) is 9.72 Å². The standard InChI is InChI=1S/C29H22N6O3.Na.H/c30-18-19-4-6-20(7-5-19)27-25(33-28-26(12-13-31-35(27)28)34-14-16-38-17-15-34)11-9-21-8-10-22-23(29(36)37)2-1-3-24(22)32-21;;/h1-13H,14-17H2,(H,36,37);;/b11-9+;;. The third kappa shape index (κ3) is 5.15. The topological polar surface area (TPSA) is 117 Å². The summed E-state index contributed by atoms with van der Waals surface area (Å²) in [6.45, 7) is 2.84. The Labute approximate surface area is 246 Å². The van der Waals surface area contributed by atoms with Crippen molar-refractivity contribution in [1.29, 1.82) is 5.26 Å². The summed E-state index contributed by atoms with van der Waals surface area (Å²) in [5, 5.41) is 23.9. The summed E-state index contributed by atoms with van der Waals surface area (Å²) in [5.74, 6) is -0.985. The van der Waals surface area contributed by atoms with Crippen molar-refractivity contribution in [2.24, 2.45) is 0 Å². The van der Waals surface area contributed by atoms with Gasteiger partial charge in [0.15, 0.2) is 5.65 Å². The SMILES string of the molecule is N#Cc1ccc(-c2c(/C=C/c3ccc4c(C(=O)O)cccc4n3)nc3c(N4CCOCC4)ccnn23)cc1.[NaH]. The van der Waals surface area contributed by atoms with E-state index in [1.54, 1.807) is 48.7 Å². The second kappa shape index (κ2) is 11.4. The summed E-state index contributed by atoms with van der Waals surface area (Å²) in [6, 6.07) is 20.1. The molecule has 1 fully saturated rings. The van der Waals surface area contributed by atoms with Gasteiger partial charge >= 0.3 is 35.5 Å². The van der Waals surface area contributed by atoms with Crippen molar-refractivity contribution < 1.29 is 14.6 Å². The third-order valence-corrected chi connectivity index (χ3v) is 6.56. The van der Waals surface area contributed by atoms with Crippen molar-refractivity contribution >= 4 is 69.9 Å². The molecule has 2 aromatic carbocycles. The van der Waals surface area contributed by atoms with Crippen LogP contribution in [0.4, 0.5) is 5.69 Å². The first-order valence-electron chi connectivity index (χ1n) is 12.1. The summed E-state index contributed by atoms with van der Waals surface area (Å²) < 4.78 is 7.36. The molecule has 0 radical (unpaired) electrons. The number of fused-ring (bicyclic) bond motifs is 2. The number of ether oxygens (including phenoxy) is 1. The monoisotopic (exact) mass is 526 g/mol. The van der Waals surface area contributed by atoms with Gasteiger partial charge in [-0.05, 0) is 54.6 Å². The number of morpholine rings is 1. The summed E-state index contributed by atoms with van der Waals surface area (Å²) in [7, 11) is 0. The van der Waals surface area contributed by atoms with Crippen LogP contribution in [-0.2, 0) is 4.74 Å². The van der Waals surface area contributed by atoms with E-state index in [1.807, 2.05) is 34.9 Å². The third-order valence-electron chi connectivity index (χ3n) is 6.56. The van der Waals surface area contributed by atoms with Gasteiger partial charge in [0.05, 0.1) is 59.2 Å². The molecule has 0 aliphatic carbocycles. The number of benzene rings is 2. The zero-order valence-corrected chi connectivity index (χ0v) is 20.3. The minimum atomic E-state index is -0.985. The van der Waals surface area contributed by atoms with Crippen LogP contribution in [-0.4, -0.2) is 86.5 Å². The molecule has 3 aromatic heterocycles. The van der Waals surface area contributed by atoms with Crippen LogP contribution in [0.1, 0.15) is 27.3 Å². The summed E-state index contributed by atoms with van der Waals surface area (Å²) in [6.07, 6.45) is 5.52. The molecule has 0 amide bonds. The number of pyridine rings is 1. The minimum absolute atomic E-state index is 0. The molecular weight excluding hydrogens is 503 g/mol. The number of rotatable bonds is 5. The van der Waals surface area contributed by atoms with Crippen molar-refractivity contribution in [3.63, 3.8) is 0 Å². The van der Waals surface area contributed by atoms with E-state index < -0.39 is 5.97 Å². The maximum absolute atomic E-state index is 11.6. The molecule has 1 aliphatic heterocycles. The molecule has 0 spiro atoms. The Morgan fingerprint density at radius 3 is 2.54 bits per heavy atom. The van der Waals surface area contributed by atoms with Crippen LogP contribution in [0.25, 0.3) is 40.0 Å². The molecule has 0 atom stereocenters. The molecule has 1 N–H and O–H groups in total. The van der Waals surface area contributed by atoms with Gasteiger partial charge in [0.2, 0.25) is 0 Å². The number of imidazole rings is 1. The van der Waals surface area contributed by atoms with Crippen LogP contribution in [0.2, 0.25) is 0 Å². The zero-order valence-electron chi connectivity index (χ0n) is 20.3. The number of hydrogen-bond donors (Lipinski definition) is 1. The van der Waals surface area contributed by atoms with Crippen LogP contribution in [0, 0.1) is 11.3 Å². The van der Waals surface area contributed by atoms with Gasteiger partial charge in [-0.1, -0.05) is 18.2 Å². The molecule has 1 aliphatic rings. The fourth-order valence-corrected chi connectivity index (χ4v) is 4.71. The number of nitrogens with zero attached hydrogens (tertiary/aromatic N) is 6. The molecule has 0 saturated carbocycles. The molecule has 1 saturated heterocycles. The Bertz CT molecular complexity index is 1750. The molecule has 39 heavy (non-hydrogen) atoms. The van der Waals surface area contributed by atoms with Crippen LogP contribution >= 0.6 is 0 Å². The fourth-order valence-electron chi connectivity index (χ4n) is 4.71. The zero-order chi connectivity index (χ0) is 26.1. The average Bonchev–Trinajstić information content (AvgIpc) is 3.34. The van der Waals surface area contributed by atoms with Crippen molar-refractivity contribution in [3.8, 4) is 17.3 Å². The molecule has 188 valence electrons. The molecule has 6 rings (SSSR count). The Kier molecular flexibility index (Phi) is 7.72. The van der Waals surface area contributed by atoms with Crippen molar-refractivity contribution in [2.75, 3.05) is 31.2 Å². The van der Waals surface area contributed by atoms with Gasteiger partial charge in [0.1, 0.15) is 5.69 Å². The number of anilines is 1. The predicted octanol–water partition coefficient (Wildman–Crippen LogP) is 3.87. The second-order valence-corrected chi connectivity index (χ2v) is 8.83. The molecule has 4 heterocycles. The van der Waals surface area contributed by atoms with Crippen molar-refractivity contribution in [2.45, 2.75) is 0 Å². The van der Waals surface area contributed by atoms with E-state index in [-0.39, 0.29) is 35.1 Å². The van der Waals surface area contributed by atoms with Crippen LogP contribution in [0.5, 0.6) is 0 Å². The van der Waals surface area contributed by atoms with E-state index in [0.717, 1.165) is 35.7 Å². The Hall–Kier alpha value is -4.07. The molecular formula is C29H23N6NaO3. The second-order valence-electron chi connectivity index (χ2n) is 8.83. The predicted molar refractivity (Wildman–Crippen MR) is 151 cm³/mol. The van der Waals surface area contributed by atoms with Gasteiger partial charge in [-0.3, -0.25) is 0 Å². The van der Waals surface area contributed by atoms with Gasteiger partial charge in [0.25, 0.3) is 0 Å². The van der Waals surface area contributed by atoms with E-state index in [2.05, 4.69) is 21.1 Å². The number of hydrogen-bond acceptors (Lipinski definition) is 7. The average molecular weight is 527 g/mol. The Balaban J connectivity index is 0.00000308. The van der Waals surface area contributed by atoms with Gasteiger partial charge in [-0.2, -0.15) is 10.4 Å². The fraction of sp³-hybridized carbons (Fsp3) is 0.138. The van der Waals surface area contributed by atoms with E-state index in [9.17, 15) is 15.2 Å². The number of aromatic carboxylic acids is 1. The van der Waals surface area contributed by atoms with Gasteiger partial charge in [0, 0.05) is 24.0 Å². The number of carboxylic acids is 1. The van der Waals surface area contributed by atoms with Gasteiger partial charge < -0.3 is 14.7 Å². The van der Waals surface area contributed by atoms with Crippen LogP contribution < -0.4 is 4.90 Å². The van der Waals surface area contributed by atoms with E-state index >= 15 is 0 Å². The summed E-state index contributed by atoms with van der Waals surface area (Å²) in [4.78, 5) is 23.4. The number of carbonyl (C=O) groups is 1. The molecule has 10 heteroatoms. The first-order valence-corrected chi connectivity index (χ1v) is 12.1. The van der Waals surface area contributed by atoms with Crippen molar-refractivity contribution in [1.82, 2.24) is 19.6 Å². The van der Waals surface area contributed by atoms with E-state index in [0.29, 0.717) is 41.1 Å². The first-order chi connectivity index (χ1) is 18.6. The Morgan fingerprint density at radius 1 is 1.00 bits per heavy atom. The summed E-state index contributed by atoms with van der Waals surface area (Å²) in [5.41, 5.74) is 6.14. The Morgan fingerprint density at radius 2 is 1.79 bits per heavy atom. The van der Waals surface area contributed by atoms with Gasteiger partial charge in [-0.15, -0.1) is 0 Å². The molecule has 0 bridgehead atoms.